The summed E-state index contributed by atoms with van der Waals surface area (Å²) in [6.45, 7) is 5.76. The van der Waals surface area contributed by atoms with Crippen molar-refractivity contribution in [3.63, 3.8) is 0 Å². The molecule has 100 valence electrons. The summed E-state index contributed by atoms with van der Waals surface area (Å²) in [6.07, 6.45) is -0.0351. The van der Waals surface area contributed by atoms with Crippen LogP contribution >= 0.6 is 11.3 Å². The molecule has 0 amide bonds. The average molecular weight is 270 g/mol. The number of likely N-dealkylation sites (N-methyl/N-ethyl adjacent to an activating group) is 1. The van der Waals surface area contributed by atoms with Crippen molar-refractivity contribution >= 4 is 17.3 Å². The summed E-state index contributed by atoms with van der Waals surface area (Å²) in [7, 11) is 2.05. The molecular formula is C12H18N2O3S. The molecule has 0 spiro atoms. The van der Waals surface area contributed by atoms with Gasteiger partial charge in [-0.05, 0) is 20.9 Å². The minimum absolute atomic E-state index is 0.0351. The van der Waals surface area contributed by atoms with Crippen molar-refractivity contribution in [3.8, 4) is 0 Å². The van der Waals surface area contributed by atoms with Crippen LogP contribution in [-0.4, -0.2) is 47.7 Å². The molecule has 2 heterocycles. The Bertz CT molecular complexity index is 444. The Kier molecular flexibility index (Phi) is 3.70. The lowest BCUT2D eigenvalue weighted by Gasteiger charge is -2.28. The van der Waals surface area contributed by atoms with Crippen molar-refractivity contribution in [2.24, 2.45) is 0 Å². The van der Waals surface area contributed by atoms with Crippen LogP contribution in [0.1, 0.15) is 30.7 Å². The first kappa shape index (κ1) is 13.5. The molecule has 1 aliphatic heterocycles. The van der Waals surface area contributed by atoms with Crippen LogP contribution in [0.15, 0.2) is 5.38 Å². The Morgan fingerprint density at radius 1 is 1.67 bits per heavy atom. The van der Waals surface area contributed by atoms with Crippen LogP contribution in [0.3, 0.4) is 0 Å². The van der Waals surface area contributed by atoms with Gasteiger partial charge >= 0.3 is 5.97 Å². The number of hydrogen-bond acceptors (Lipinski definition) is 5. The van der Waals surface area contributed by atoms with Crippen molar-refractivity contribution in [3.05, 3.63) is 16.1 Å². The average Bonchev–Trinajstić information content (AvgIpc) is 2.78. The number of aliphatic carboxylic acids is 1. The molecule has 2 rings (SSSR count). The number of rotatable bonds is 3. The molecular weight excluding hydrogens is 252 g/mol. The Balaban J connectivity index is 2.17. The van der Waals surface area contributed by atoms with E-state index in [4.69, 9.17) is 4.74 Å². The predicted octanol–water partition coefficient (Wildman–Crippen LogP) is 1.51. The first-order valence-corrected chi connectivity index (χ1v) is 6.78. The van der Waals surface area contributed by atoms with Gasteiger partial charge in [0.1, 0.15) is 16.5 Å². The maximum absolute atomic E-state index is 11.2. The Morgan fingerprint density at radius 3 is 3.00 bits per heavy atom. The standard InChI is InChI=1S/C12H18N2O3S/c1-12(2,11(15)16)9-7-18-10(13-9)8-6-14(3)4-5-17-8/h7-8H,4-6H2,1-3H3,(H,15,16). The summed E-state index contributed by atoms with van der Waals surface area (Å²) in [5.74, 6) is -0.860. The Morgan fingerprint density at radius 2 is 2.39 bits per heavy atom. The molecule has 5 nitrogen and oxygen atoms in total. The van der Waals surface area contributed by atoms with E-state index < -0.39 is 11.4 Å². The molecule has 18 heavy (non-hydrogen) atoms. The molecule has 1 aliphatic rings. The fraction of sp³-hybridized carbons (Fsp3) is 0.667. The molecule has 1 N–H and O–H groups in total. The lowest BCUT2D eigenvalue weighted by molar-refractivity contribution is -0.142. The summed E-state index contributed by atoms with van der Waals surface area (Å²) in [5.41, 5.74) is -0.346. The number of ether oxygens (including phenoxy) is 1. The summed E-state index contributed by atoms with van der Waals surface area (Å²) in [4.78, 5) is 17.8. The largest absolute Gasteiger partial charge is 0.481 e. The highest BCUT2D eigenvalue weighted by Crippen LogP contribution is 2.30. The maximum Gasteiger partial charge on any atom is 0.315 e. The number of carboxylic acids is 1. The minimum Gasteiger partial charge on any atom is -0.481 e. The molecule has 6 heteroatoms. The molecule has 0 aromatic carbocycles. The smallest absolute Gasteiger partial charge is 0.315 e. The topological polar surface area (TPSA) is 62.7 Å². The van der Waals surface area contributed by atoms with Gasteiger partial charge in [-0.1, -0.05) is 0 Å². The number of nitrogens with zero attached hydrogens (tertiary/aromatic N) is 2. The van der Waals surface area contributed by atoms with E-state index in [0.29, 0.717) is 12.3 Å². The van der Waals surface area contributed by atoms with Crippen molar-refractivity contribution in [1.82, 2.24) is 9.88 Å². The van der Waals surface area contributed by atoms with E-state index in [-0.39, 0.29) is 6.10 Å². The second-order valence-electron chi connectivity index (χ2n) is 5.12. The fourth-order valence-corrected chi connectivity index (χ4v) is 2.78. The molecule has 0 radical (unpaired) electrons. The molecule has 1 aromatic heterocycles. The molecule has 1 aromatic rings. The Hall–Kier alpha value is -0.980. The highest BCUT2D eigenvalue weighted by molar-refractivity contribution is 7.09. The second kappa shape index (κ2) is 4.95. The van der Waals surface area contributed by atoms with Crippen LogP contribution in [0.25, 0.3) is 0 Å². The van der Waals surface area contributed by atoms with Gasteiger partial charge in [-0.15, -0.1) is 11.3 Å². The van der Waals surface area contributed by atoms with Gasteiger partial charge in [0.15, 0.2) is 0 Å². The molecule has 1 unspecified atom stereocenters. The van der Waals surface area contributed by atoms with Gasteiger partial charge in [-0.2, -0.15) is 0 Å². The van der Waals surface area contributed by atoms with Crippen LogP contribution in [0.2, 0.25) is 0 Å². The highest BCUT2D eigenvalue weighted by Gasteiger charge is 2.33. The van der Waals surface area contributed by atoms with Gasteiger partial charge in [0.05, 0.1) is 12.3 Å². The van der Waals surface area contributed by atoms with E-state index in [2.05, 4.69) is 9.88 Å². The van der Waals surface area contributed by atoms with Crippen molar-refractivity contribution in [1.29, 1.82) is 0 Å². The number of morpholine rings is 1. The zero-order chi connectivity index (χ0) is 13.3. The van der Waals surface area contributed by atoms with E-state index in [1.54, 1.807) is 13.8 Å². The van der Waals surface area contributed by atoms with Crippen LogP contribution < -0.4 is 0 Å². The van der Waals surface area contributed by atoms with E-state index in [9.17, 15) is 9.90 Å². The number of thiazole rings is 1. The monoisotopic (exact) mass is 270 g/mol. The number of aromatic nitrogens is 1. The van der Waals surface area contributed by atoms with E-state index in [1.807, 2.05) is 12.4 Å². The van der Waals surface area contributed by atoms with Crippen molar-refractivity contribution in [2.75, 3.05) is 26.7 Å². The third-order valence-corrected chi connectivity index (χ3v) is 4.18. The summed E-state index contributed by atoms with van der Waals surface area (Å²) in [6, 6.07) is 0. The van der Waals surface area contributed by atoms with E-state index in [0.717, 1.165) is 18.1 Å². The quantitative estimate of drug-likeness (QED) is 0.902. The van der Waals surface area contributed by atoms with Crippen LogP contribution in [0.4, 0.5) is 0 Å². The number of hydrogen-bond donors (Lipinski definition) is 1. The summed E-state index contributed by atoms with van der Waals surface area (Å²) in [5, 5.41) is 11.9. The molecule has 1 atom stereocenters. The summed E-state index contributed by atoms with van der Waals surface area (Å²) >= 11 is 1.48. The summed E-state index contributed by atoms with van der Waals surface area (Å²) < 4.78 is 5.68. The normalized spacial score (nSPS) is 22.1. The molecule has 1 saturated heterocycles. The van der Waals surface area contributed by atoms with Gasteiger partial charge in [0.25, 0.3) is 0 Å². The van der Waals surface area contributed by atoms with Crippen molar-refractivity contribution < 1.29 is 14.6 Å². The fourth-order valence-electron chi connectivity index (χ4n) is 1.76. The molecule has 0 bridgehead atoms. The van der Waals surface area contributed by atoms with Gasteiger partial charge in [-0.3, -0.25) is 4.79 Å². The SMILES string of the molecule is CN1CCOC(c2nc(C(C)(C)C(=O)O)cs2)C1. The van der Waals surface area contributed by atoms with Crippen molar-refractivity contribution in [2.45, 2.75) is 25.4 Å². The van der Waals surface area contributed by atoms with Crippen LogP contribution in [0.5, 0.6) is 0 Å². The predicted molar refractivity (Wildman–Crippen MR) is 69.0 cm³/mol. The maximum atomic E-state index is 11.2. The first-order valence-electron chi connectivity index (χ1n) is 5.90. The molecule has 0 aliphatic carbocycles. The van der Waals surface area contributed by atoms with Gasteiger partial charge < -0.3 is 14.7 Å². The lowest BCUT2D eigenvalue weighted by Crippen LogP contribution is -2.35. The zero-order valence-electron chi connectivity index (χ0n) is 10.8. The zero-order valence-corrected chi connectivity index (χ0v) is 11.7. The first-order chi connectivity index (χ1) is 8.41. The number of carboxylic acid groups (broad SMARTS) is 1. The third-order valence-electron chi connectivity index (χ3n) is 3.24. The lowest BCUT2D eigenvalue weighted by atomic mass is 9.90. The highest BCUT2D eigenvalue weighted by atomic mass is 32.1. The third kappa shape index (κ3) is 2.55. The van der Waals surface area contributed by atoms with Gasteiger partial charge in [0.2, 0.25) is 0 Å². The Labute approximate surface area is 110 Å². The molecule has 1 fully saturated rings. The van der Waals surface area contributed by atoms with Crippen LogP contribution in [0, 0.1) is 0 Å². The van der Waals surface area contributed by atoms with E-state index >= 15 is 0 Å². The number of carbonyl (C=O) groups is 1. The van der Waals surface area contributed by atoms with Gasteiger partial charge in [0, 0.05) is 18.5 Å². The minimum atomic E-state index is -0.949. The van der Waals surface area contributed by atoms with Gasteiger partial charge in [-0.25, -0.2) is 4.98 Å². The molecule has 0 saturated carbocycles. The van der Waals surface area contributed by atoms with Crippen LogP contribution in [-0.2, 0) is 14.9 Å². The second-order valence-corrected chi connectivity index (χ2v) is 6.01. The van der Waals surface area contributed by atoms with E-state index in [1.165, 1.54) is 11.3 Å².